The fraction of sp³-hybridized carbons (Fsp3) is 0.875. The summed E-state index contributed by atoms with van der Waals surface area (Å²) >= 11 is 0. The van der Waals surface area contributed by atoms with Crippen molar-refractivity contribution in [2.45, 2.75) is 64.8 Å². The Labute approximate surface area is 121 Å². The molecule has 2 fully saturated rings. The highest BCUT2D eigenvalue weighted by Crippen LogP contribution is 2.37. The number of nitrogens with one attached hydrogen (secondary N) is 1. The summed E-state index contributed by atoms with van der Waals surface area (Å²) in [5.41, 5.74) is 0. The quantitative estimate of drug-likeness (QED) is 0.832. The Balaban J connectivity index is 1.91. The van der Waals surface area contributed by atoms with Gasteiger partial charge in [0, 0.05) is 6.04 Å². The van der Waals surface area contributed by atoms with E-state index in [1.807, 2.05) is 6.92 Å². The van der Waals surface area contributed by atoms with Crippen molar-refractivity contribution in [1.82, 2.24) is 5.32 Å². The first-order valence-corrected chi connectivity index (χ1v) is 8.02. The molecule has 0 bridgehead atoms. The number of carbonyl (C=O) groups is 2. The van der Waals surface area contributed by atoms with Gasteiger partial charge in [-0.2, -0.15) is 0 Å². The van der Waals surface area contributed by atoms with Crippen LogP contribution in [-0.2, 0) is 9.59 Å². The lowest BCUT2D eigenvalue weighted by Crippen LogP contribution is -2.43. The summed E-state index contributed by atoms with van der Waals surface area (Å²) in [5.74, 6) is -0.802. The van der Waals surface area contributed by atoms with Crippen molar-refractivity contribution in [1.29, 1.82) is 0 Å². The van der Waals surface area contributed by atoms with Gasteiger partial charge in [0.2, 0.25) is 5.91 Å². The second-order valence-corrected chi connectivity index (χ2v) is 6.82. The Kier molecular flexibility index (Phi) is 5.06. The Morgan fingerprint density at radius 2 is 1.70 bits per heavy atom. The number of carboxylic acid groups (broad SMARTS) is 1. The molecule has 2 aliphatic carbocycles. The molecule has 20 heavy (non-hydrogen) atoms. The summed E-state index contributed by atoms with van der Waals surface area (Å²) in [6.45, 7) is 4.11. The van der Waals surface area contributed by atoms with Gasteiger partial charge in [0.25, 0.3) is 0 Å². The number of carbonyl (C=O) groups excluding carboxylic acids is 1. The van der Waals surface area contributed by atoms with Gasteiger partial charge in [-0.1, -0.05) is 26.2 Å². The third-order valence-corrected chi connectivity index (χ3v) is 5.18. The van der Waals surface area contributed by atoms with E-state index in [4.69, 9.17) is 0 Å². The van der Waals surface area contributed by atoms with Crippen molar-refractivity contribution in [3.63, 3.8) is 0 Å². The molecule has 2 aliphatic rings. The predicted octanol–water partition coefficient (Wildman–Crippen LogP) is 2.82. The highest BCUT2D eigenvalue weighted by atomic mass is 16.4. The lowest BCUT2D eigenvalue weighted by Gasteiger charge is -2.29. The van der Waals surface area contributed by atoms with Crippen LogP contribution in [0.15, 0.2) is 0 Å². The maximum absolute atomic E-state index is 12.4. The number of carboxylic acids is 1. The van der Waals surface area contributed by atoms with Gasteiger partial charge in [0.05, 0.1) is 11.8 Å². The van der Waals surface area contributed by atoms with Crippen molar-refractivity contribution in [2.24, 2.45) is 23.7 Å². The standard InChI is InChI=1S/C16H27NO3/c1-10-8-13(14(9-10)16(19)20)15(18)17-11(2)12-6-4-3-5-7-12/h10-14H,3-9H2,1-2H3,(H,17,18)(H,19,20)/t10?,11-,13?,14?/m0/s1. The van der Waals surface area contributed by atoms with Gasteiger partial charge in [-0.05, 0) is 44.4 Å². The Morgan fingerprint density at radius 3 is 2.30 bits per heavy atom. The van der Waals surface area contributed by atoms with Crippen LogP contribution in [0.4, 0.5) is 0 Å². The zero-order valence-corrected chi connectivity index (χ0v) is 12.6. The highest BCUT2D eigenvalue weighted by Gasteiger charge is 2.41. The van der Waals surface area contributed by atoms with Crippen molar-refractivity contribution < 1.29 is 14.7 Å². The predicted molar refractivity (Wildman–Crippen MR) is 77.2 cm³/mol. The molecule has 2 saturated carbocycles. The van der Waals surface area contributed by atoms with Crippen molar-refractivity contribution >= 4 is 11.9 Å². The van der Waals surface area contributed by atoms with Gasteiger partial charge in [-0.25, -0.2) is 0 Å². The van der Waals surface area contributed by atoms with Gasteiger partial charge >= 0.3 is 5.97 Å². The van der Waals surface area contributed by atoms with Gasteiger partial charge in [-0.3, -0.25) is 9.59 Å². The van der Waals surface area contributed by atoms with Crippen molar-refractivity contribution in [2.75, 3.05) is 0 Å². The zero-order valence-electron chi connectivity index (χ0n) is 12.6. The molecule has 0 saturated heterocycles. The monoisotopic (exact) mass is 281 g/mol. The fourth-order valence-corrected chi connectivity index (χ4v) is 3.94. The van der Waals surface area contributed by atoms with Gasteiger partial charge in [-0.15, -0.1) is 0 Å². The number of rotatable bonds is 4. The van der Waals surface area contributed by atoms with Crippen LogP contribution in [-0.4, -0.2) is 23.0 Å². The maximum atomic E-state index is 12.4. The largest absolute Gasteiger partial charge is 0.481 e. The second kappa shape index (κ2) is 6.59. The van der Waals surface area contributed by atoms with Crippen LogP contribution in [0.2, 0.25) is 0 Å². The van der Waals surface area contributed by atoms with Crippen LogP contribution < -0.4 is 5.32 Å². The molecule has 4 heteroatoms. The molecular weight excluding hydrogens is 254 g/mol. The van der Waals surface area contributed by atoms with E-state index in [-0.39, 0.29) is 17.9 Å². The minimum absolute atomic E-state index is 0.0418. The molecule has 0 spiro atoms. The van der Waals surface area contributed by atoms with Crippen LogP contribution in [0.3, 0.4) is 0 Å². The van der Waals surface area contributed by atoms with Crippen LogP contribution in [0.5, 0.6) is 0 Å². The first-order chi connectivity index (χ1) is 9.49. The van der Waals surface area contributed by atoms with E-state index in [0.717, 1.165) is 0 Å². The number of amides is 1. The first-order valence-electron chi connectivity index (χ1n) is 8.02. The molecule has 3 unspecified atom stereocenters. The molecule has 0 aromatic rings. The van der Waals surface area contributed by atoms with E-state index in [9.17, 15) is 14.7 Å². The molecule has 4 nitrogen and oxygen atoms in total. The average molecular weight is 281 g/mol. The summed E-state index contributed by atoms with van der Waals surface area (Å²) in [6, 6.07) is 0.174. The third kappa shape index (κ3) is 3.53. The smallest absolute Gasteiger partial charge is 0.307 e. The van der Waals surface area contributed by atoms with Gasteiger partial charge in [0.15, 0.2) is 0 Å². The van der Waals surface area contributed by atoms with Crippen molar-refractivity contribution in [3.8, 4) is 0 Å². The Morgan fingerprint density at radius 1 is 1.10 bits per heavy atom. The van der Waals surface area contributed by atoms with Crippen LogP contribution >= 0.6 is 0 Å². The molecular formula is C16H27NO3. The van der Waals surface area contributed by atoms with Crippen molar-refractivity contribution in [3.05, 3.63) is 0 Å². The highest BCUT2D eigenvalue weighted by molar-refractivity contribution is 5.85. The molecule has 2 N–H and O–H groups in total. The van der Waals surface area contributed by atoms with Crippen LogP contribution in [0.1, 0.15) is 58.8 Å². The zero-order chi connectivity index (χ0) is 14.7. The summed E-state index contributed by atoms with van der Waals surface area (Å²) in [7, 11) is 0. The van der Waals surface area contributed by atoms with Gasteiger partial charge < -0.3 is 10.4 Å². The summed E-state index contributed by atoms with van der Waals surface area (Å²) in [4.78, 5) is 23.7. The summed E-state index contributed by atoms with van der Waals surface area (Å²) < 4.78 is 0. The SMILES string of the molecule is CC1CC(C(=O)O)C(C(=O)N[C@@H](C)C2CCCCC2)C1. The van der Waals surface area contributed by atoms with Gasteiger partial charge in [0.1, 0.15) is 0 Å². The first kappa shape index (κ1) is 15.3. The lowest BCUT2D eigenvalue weighted by atomic mass is 9.84. The number of hydrogen-bond acceptors (Lipinski definition) is 2. The molecule has 2 rings (SSSR count). The molecule has 0 aromatic heterocycles. The Bertz CT molecular complexity index is 363. The number of hydrogen-bond donors (Lipinski definition) is 2. The third-order valence-electron chi connectivity index (χ3n) is 5.18. The van der Waals surface area contributed by atoms with E-state index < -0.39 is 11.9 Å². The van der Waals surface area contributed by atoms with E-state index in [1.54, 1.807) is 0 Å². The van der Waals surface area contributed by atoms with E-state index in [2.05, 4.69) is 12.2 Å². The van der Waals surface area contributed by atoms with E-state index in [0.29, 0.717) is 24.7 Å². The van der Waals surface area contributed by atoms with Crippen LogP contribution in [0, 0.1) is 23.7 Å². The summed E-state index contributed by atoms with van der Waals surface area (Å²) in [5, 5.41) is 12.3. The molecule has 0 radical (unpaired) electrons. The van der Waals surface area contributed by atoms with Crippen LogP contribution in [0.25, 0.3) is 0 Å². The normalized spacial score (nSPS) is 32.8. The maximum Gasteiger partial charge on any atom is 0.307 e. The molecule has 114 valence electrons. The fourth-order valence-electron chi connectivity index (χ4n) is 3.94. The average Bonchev–Trinajstić information content (AvgIpc) is 2.82. The summed E-state index contributed by atoms with van der Waals surface area (Å²) in [6.07, 6.45) is 7.52. The van der Waals surface area contributed by atoms with E-state index >= 15 is 0 Å². The minimum Gasteiger partial charge on any atom is -0.481 e. The Hall–Kier alpha value is -1.06. The topological polar surface area (TPSA) is 66.4 Å². The molecule has 1 amide bonds. The molecule has 0 heterocycles. The van der Waals surface area contributed by atoms with E-state index in [1.165, 1.54) is 32.1 Å². The molecule has 4 atom stereocenters. The molecule has 0 aliphatic heterocycles. The lowest BCUT2D eigenvalue weighted by molar-refractivity contribution is -0.146. The second-order valence-electron chi connectivity index (χ2n) is 6.82. The number of aliphatic carboxylic acids is 1. The minimum atomic E-state index is -0.820. The molecule has 0 aromatic carbocycles.